The SMILES string of the molecule is CCC(C)(C)c1nc(-c2ccc(Cc3ccccc3)cc2)nc(-c2ccc(Cc3ccccc3)cc2)n1. The fraction of sp³-hybridized carbons (Fsp3) is 0.206. The molecule has 1 heterocycles. The van der Waals surface area contributed by atoms with E-state index >= 15 is 0 Å². The molecular weight excluding hydrogens is 450 g/mol. The first-order chi connectivity index (χ1) is 18.0. The van der Waals surface area contributed by atoms with Crippen molar-refractivity contribution >= 4 is 0 Å². The van der Waals surface area contributed by atoms with Crippen LogP contribution in [-0.4, -0.2) is 15.0 Å². The average molecular weight is 484 g/mol. The van der Waals surface area contributed by atoms with E-state index in [-0.39, 0.29) is 5.41 Å². The summed E-state index contributed by atoms with van der Waals surface area (Å²) < 4.78 is 0. The molecule has 0 bridgehead atoms. The first-order valence-corrected chi connectivity index (χ1v) is 13.0. The average Bonchev–Trinajstić information content (AvgIpc) is 2.95. The van der Waals surface area contributed by atoms with E-state index < -0.39 is 0 Å². The molecule has 0 unspecified atom stereocenters. The van der Waals surface area contributed by atoms with Gasteiger partial charge >= 0.3 is 0 Å². The summed E-state index contributed by atoms with van der Waals surface area (Å²) in [4.78, 5) is 14.8. The number of hydrogen-bond acceptors (Lipinski definition) is 3. The molecule has 184 valence electrons. The Hall–Kier alpha value is -4.11. The summed E-state index contributed by atoms with van der Waals surface area (Å²) in [6, 6.07) is 38.3. The van der Waals surface area contributed by atoms with E-state index in [4.69, 9.17) is 15.0 Å². The molecule has 0 saturated carbocycles. The molecule has 0 radical (unpaired) electrons. The summed E-state index contributed by atoms with van der Waals surface area (Å²) in [5.41, 5.74) is 7.02. The zero-order valence-electron chi connectivity index (χ0n) is 21.9. The highest BCUT2D eigenvalue weighted by molar-refractivity contribution is 5.62. The summed E-state index contributed by atoms with van der Waals surface area (Å²) in [6.45, 7) is 6.57. The highest BCUT2D eigenvalue weighted by Gasteiger charge is 2.24. The van der Waals surface area contributed by atoms with Crippen LogP contribution in [0.3, 0.4) is 0 Å². The number of aromatic nitrogens is 3. The molecule has 4 aromatic carbocycles. The van der Waals surface area contributed by atoms with Gasteiger partial charge in [-0.15, -0.1) is 0 Å². The zero-order chi connectivity index (χ0) is 25.7. The highest BCUT2D eigenvalue weighted by atomic mass is 15.0. The molecule has 1 aromatic heterocycles. The van der Waals surface area contributed by atoms with Crippen LogP contribution in [0.2, 0.25) is 0 Å². The first-order valence-electron chi connectivity index (χ1n) is 13.0. The van der Waals surface area contributed by atoms with Gasteiger partial charge in [-0.2, -0.15) is 0 Å². The minimum absolute atomic E-state index is 0.146. The third-order valence-corrected chi connectivity index (χ3v) is 7.05. The predicted molar refractivity (Wildman–Crippen MR) is 153 cm³/mol. The molecule has 0 aliphatic heterocycles. The molecule has 5 aromatic rings. The van der Waals surface area contributed by atoms with Gasteiger partial charge in [-0.05, 0) is 41.5 Å². The standard InChI is InChI=1S/C34H33N3/c1-4-34(2,3)33-36-31(29-19-15-27(16-20-29)23-25-11-7-5-8-12-25)35-32(37-33)30-21-17-28(18-22-30)24-26-13-9-6-10-14-26/h5-22H,4,23-24H2,1-3H3. The molecule has 0 N–H and O–H groups in total. The second-order valence-corrected chi connectivity index (χ2v) is 10.3. The van der Waals surface area contributed by atoms with Crippen LogP contribution >= 0.6 is 0 Å². The van der Waals surface area contributed by atoms with Crippen LogP contribution in [0, 0.1) is 0 Å². The Balaban J connectivity index is 1.45. The fourth-order valence-corrected chi connectivity index (χ4v) is 4.30. The summed E-state index contributed by atoms with van der Waals surface area (Å²) in [5, 5.41) is 0. The second-order valence-electron chi connectivity index (χ2n) is 10.3. The highest BCUT2D eigenvalue weighted by Crippen LogP contribution is 2.28. The molecule has 0 aliphatic rings. The number of rotatable bonds is 8. The van der Waals surface area contributed by atoms with Gasteiger partial charge in [0.1, 0.15) is 5.82 Å². The largest absolute Gasteiger partial charge is 0.212 e. The monoisotopic (exact) mass is 483 g/mol. The molecule has 5 rings (SSSR count). The third-order valence-electron chi connectivity index (χ3n) is 7.05. The van der Waals surface area contributed by atoms with E-state index in [0.29, 0.717) is 0 Å². The van der Waals surface area contributed by atoms with Crippen molar-refractivity contribution in [1.29, 1.82) is 0 Å². The van der Waals surface area contributed by atoms with Crippen molar-refractivity contribution in [2.24, 2.45) is 0 Å². The number of hydrogen-bond donors (Lipinski definition) is 0. The topological polar surface area (TPSA) is 38.7 Å². The molecular formula is C34H33N3. The molecule has 0 saturated heterocycles. The van der Waals surface area contributed by atoms with Crippen molar-refractivity contribution in [2.75, 3.05) is 0 Å². The van der Waals surface area contributed by atoms with Crippen LogP contribution in [-0.2, 0) is 18.3 Å². The maximum atomic E-state index is 4.94. The van der Waals surface area contributed by atoms with E-state index in [1.54, 1.807) is 0 Å². The van der Waals surface area contributed by atoms with Crippen molar-refractivity contribution in [2.45, 2.75) is 45.4 Å². The Morgan fingerprint density at radius 3 is 1.24 bits per heavy atom. The smallest absolute Gasteiger partial charge is 0.163 e. The fourth-order valence-electron chi connectivity index (χ4n) is 4.30. The first kappa shape index (κ1) is 24.6. The van der Waals surface area contributed by atoms with Crippen molar-refractivity contribution in [3.63, 3.8) is 0 Å². The predicted octanol–water partition coefficient (Wildman–Crippen LogP) is 8.07. The molecule has 0 aliphatic carbocycles. The van der Waals surface area contributed by atoms with E-state index in [1.165, 1.54) is 22.3 Å². The minimum atomic E-state index is -0.146. The van der Waals surface area contributed by atoms with Gasteiger partial charge in [0.05, 0.1) is 0 Å². The molecule has 3 nitrogen and oxygen atoms in total. The minimum Gasteiger partial charge on any atom is -0.212 e. The maximum absolute atomic E-state index is 4.94. The molecule has 37 heavy (non-hydrogen) atoms. The molecule has 0 spiro atoms. The van der Waals surface area contributed by atoms with Gasteiger partial charge in [-0.3, -0.25) is 0 Å². The quantitative estimate of drug-likeness (QED) is 0.224. The molecule has 3 heteroatoms. The van der Waals surface area contributed by atoms with Gasteiger partial charge in [-0.1, -0.05) is 130 Å². The summed E-state index contributed by atoms with van der Waals surface area (Å²) in [6.07, 6.45) is 2.77. The second kappa shape index (κ2) is 10.9. The van der Waals surface area contributed by atoms with E-state index in [0.717, 1.165) is 47.9 Å². The van der Waals surface area contributed by atoms with Crippen LogP contribution in [0.15, 0.2) is 109 Å². The Bertz CT molecular complexity index is 1340. The third kappa shape index (κ3) is 6.00. The van der Waals surface area contributed by atoms with Crippen molar-refractivity contribution in [3.05, 3.63) is 137 Å². The van der Waals surface area contributed by atoms with Crippen molar-refractivity contribution in [1.82, 2.24) is 15.0 Å². The van der Waals surface area contributed by atoms with Gasteiger partial charge < -0.3 is 0 Å². The lowest BCUT2D eigenvalue weighted by atomic mass is 9.89. The van der Waals surface area contributed by atoms with Crippen LogP contribution in [0.5, 0.6) is 0 Å². The van der Waals surface area contributed by atoms with Crippen LogP contribution in [0.1, 0.15) is 55.3 Å². The Morgan fingerprint density at radius 1 is 0.486 bits per heavy atom. The lowest BCUT2D eigenvalue weighted by molar-refractivity contribution is 0.472. The Labute approximate surface area is 220 Å². The maximum Gasteiger partial charge on any atom is 0.163 e. The Kier molecular flexibility index (Phi) is 7.23. The van der Waals surface area contributed by atoms with Crippen LogP contribution < -0.4 is 0 Å². The van der Waals surface area contributed by atoms with Gasteiger partial charge in [0, 0.05) is 16.5 Å². The van der Waals surface area contributed by atoms with Gasteiger partial charge in [0.15, 0.2) is 11.6 Å². The lowest BCUT2D eigenvalue weighted by Crippen LogP contribution is -2.21. The summed E-state index contributed by atoms with van der Waals surface area (Å²) >= 11 is 0. The van der Waals surface area contributed by atoms with E-state index in [9.17, 15) is 0 Å². The molecule has 0 atom stereocenters. The molecule has 0 fully saturated rings. The normalized spacial score (nSPS) is 11.4. The number of benzene rings is 4. The van der Waals surface area contributed by atoms with Crippen LogP contribution in [0.25, 0.3) is 22.8 Å². The number of nitrogens with zero attached hydrogens (tertiary/aromatic N) is 3. The van der Waals surface area contributed by atoms with Crippen LogP contribution in [0.4, 0.5) is 0 Å². The summed E-state index contributed by atoms with van der Waals surface area (Å²) in [7, 11) is 0. The van der Waals surface area contributed by atoms with E-state index in [2.05, 4.69) is 130 Å². The Morgan fingerprint density at radius 2 is 0.865 bits per heavy atom. The van der Waals surface area contributed by atoms with Gasteiger partial charge in [0.25, 0.3) is 0 Å². The van der Waals surface area contributed by atoms with Crippen molar-refractivity contribution < 1.29 is 0 Å². The van der Waals surface area contributed by atoms with Crippen molar-refractivity contribution in [3.8, 4) is 22.8 Å². The molecule has 0 amide bonds. The van der Waals surface area contributed by atoms with Gasteiger partial charge in [0.2, 0.25) is 0 Å². The van der Waals surface area contributed by atoms with Gasteiger partial charge in [-0.25, -0.2) is 15.0 Å². The summed E-state index contributed by atoms with van der Waals surface area (Å²) in [5.74, 6) is 2.28. The van der Waals surface area contributed by atoms with E-state index in [1.807, 2.05) is 0 Å². The zero-order valence-corrected chi connectivity index (χ0v) is 21.9. The lowest BCUT2D eigenvalue weighted by Gasteiger charge is -2.22.